The van der Waals surface area contributed by atoms with Crippen molar-refractivity contribution >= 4 is 38.3 Å². The standard InChI is InChI=1S/C32H24N4O3S2/c1-41(38,39)25-18-16-22(17-19-25)29-20-27(26-14-8-9-15-28(26)33-29)31-34-35-32(36(31)24-12-6-3-7-13-24)40-21-30(37)23-10-4-2-5-11-23/h2-20H,21H2,1H3. The highest BCUT2D eigenvalue weighted by Crippen LogP contribution is 2.35. The summed E-state index contributed by atoms with van der Waals surface area (Å²) in [4.78, 5) is 18.0. The molecule has 202 valence electrons. The molecule has 0 atom stereocenters. The lowest BCUT2D eigenvalue weighted by Crippen LogP contribution is -2.05. The van der Waals surface area contributed by atoms with Gasteiger partial charge < -0.3 is 0 Å². The van der Waals surface area contributed by atoms with Gasteiger partial charge in [-0.15, -0.1) is 10.2 Å². The number of aromatic nitrogens is 4. The van der Waals surface area contributed by atoms with E-state index in [0.717, 1.165) is 27.7 Å². The van der Waals surface area contributed by atoms with Crippen LogP contribution in [0.25, 0.3) is 39.2 Å². The Labute approximate surface area is 241 Å². The van der Waals surface area contributed by atoms with Gasteiger partial charge in [0.1, 0.15) is 0 Å². The minimum absolute atomic E-state index is 0.00829. The van der Waals surface area contributed by atoms with E-state index in [9.17, 15) is 13.2 Å². The molecule has 0 saturated heterocycles. The zero-order valence-electron chi connectivity index (χ0n) is 22.0. The summed E-state index contributed by atoms with van der Waals surface area (Å²) in [6.45, 7) is 0. The van der Waals surface area contributed by atoms with Crippen molar-refractivity contribution in [2.75, 3.05) is 12.0 Å². The summed E-state index contributed by atoms with van der Waals surface area (Å²) in [6.07, 6.45) is 1.19. The molecule has 0 saturated carbocycles. The van der Waals surface area contributed by atoms with E-state index in [-0.39, 0.29) is 16.4 Å². The minimum Gasteiger partial charge on any atom is -0.293 e. The zero-order valence-corrected chi connectivity index (χ0v) is 23.6. The lowest BCUT2D eigenvalue weighted by Gasteiger charge is -2.13. The molecule has 0 unspecified atom stereocenters. The Kier molecular flexibility index (Phi) is 7.21. The number of Topliss-reactive ketones (excluding diaryl/α,β-unsaturated/α-hetero) is 1. The number of nitrogens with zero attached hydrogens (tertiary/aromatic N) is 4. The molecule has 0 bridgehead atoms. The van der Waals surface area contributed by atoms with Crippen molar-refractivity contribution in [1.82, 2.24) is 19.7 Å². The number of pyridine rings is 1. The van der Waals surface area contributed by atoms with Gasteiger partial charge in [0.25, 0.3) is 0 Å². The van der Waals surface area contributed by atoms with Crippen LogP contribution in [0.2, 0.25) is 0 Å². The van der Waals surface area contributed by atoms with E-state index < -0.39 is 9.84 Å². The normalized spacial score (nSPS) is 11.5. The quantitative estimate of drug-likeness (QED) is 0.150. The van der Waals surface area contributed by atoms with Crippen LogP contribution in [0.1, 0.15) is 10.4 Å². The van der Waals surface area contributed by atoms with E-state index in [1.807, 2.05) is 95.6 Å². The van der Waals surface area contributed by atoms with Crippen LogP contribution >= 0.6 is 11.8 Å². The first-order valence-corrected chi connectivity index (χ1v) is 15.7. The molecule has 0 radical (unpaired) electrons. The largest absolute Gasteiger partial charge is 0.293 e. The summed E-state index contributed by atoms with van der Waals surface area (Å²) in [5.41, 5.74) is 4.55. The molecule has 2 heterocycles. The molecule has 6 aromatic rings. The van der Waals surface area contributed by atoms with E-state index in [1.54, 1.807) is 24.3 Å². The molecule has 4 aromatic carbocycles. The third-order valence-electron chi connectivity index (χ3n) is 6.61. The smallest absolute Gasteiger partial charge is 0.196 e. The second-order valence-corrected chi connectivity index (χ2v) is 12.4. The molecule has 7 nitrogen and oxygen atoms in total. The minimum atomic E-state index is -3.32. The van der Waals surface area contributed by atoms with Gasteiger partial charge in [-0.2, -0.15) is 0 Å². The lowest BCUT2D eigenvalue weighted by molar-refractivity contribution is 0.102. The van der Waals surface area contributed by atoms with E-state index in [1.165, 1.54) is 18.0 Å². The number of carbonyl (C=O) groups is 1. The van der Waals surface area contributed by atoms with Crippen molar-refractivity contribution in [3.8, 4) is 28.3 Å². The molecule has 9 heteroatoms. The SMILES string of the molecule is CS(=O)(=O)c1ccc(-c2cc(-c3nnc(SCC(=O)c4ccccc4)n3-c3ccccc3)c3ccccc3n2)cc1. The summed E-state index contributed by atoms with van der Waals surface area (Å²) in [5, 5.41) is 10.6. The third kappa shape index (κ3) is 5.54. The monoisotopic (exact) mass is 576 g/mol. The van der Waals surface area contributed by atoms with Gasteiger partial charge in [0, 0.05) is 34.0 Å². The topological polar surface area (TPSA) is 94.8 Å². The molecular formula is C32H24N4O3S2. The number of carbonyl (C=O) groups excluding carboxylic acids is 1. The first-order chi connectivity index (χ1) is 19.9. The summed E-state index contributed by atoms with van der Waals surface area (Å²) < 4.78 is 25.9. The Hall–Kier alpha value is -4.60. The average molecular weight is 577 g/mol. The first kappa shape index (κ1) is 26.6. The summed E-state index contributed by atoms with van der Waals surface area (Å²) in [7, 11) is -3.32. The van der Waals surface area contributed by atoms with Gasteiger partial charge in [-0.3, -0.25) is 9.36 Å². The van der Waals surface area contributed by atoms with Crippen molar-refractivity contribution in [3.63, 3.8) is 0 Å². The van der Waals surface area contributed by atoms with Crippen LogP contribution in [-0.2, 0) is 9.84 Å². The first-order valence-electron chi connectivity index (χ1n) is 12.8. The van der Waals surface area contributed by atoms with Gasteiger partial charge in [-0.05, 0) is 36.4 Å². The third-order valence-corrected chi connectivity index (χ3v) is 8.67. The highest BCUT2D eigenvalue weighted by molar-refractivity contribution is 7.99. The number of thioether (sulfide) groups is 1. The number of rotatable bonds is 8. The molecule has 0 spiro atoms. The molecule has 0 aliphatic carbocycles. The molecule has 0 amide bonds. The van der Waals surface area contributed by atoms with Gasteiger partial charge in [0.05, 0.1) is 21.9 Å². The second-order valence-electron chi connectivity index (χ2n) is 9.42. The fourth-order valence-corrected chi connectivity index (χ4v) is 6.04. The highest BCUT2D eigenvalue weighted by Gasteiger charge is 2.21. The maximum Gasteiger partial charge on any atom is 0.196 e. The molecule has 2 aromatic heterocycles. The van der Waals surface area contributed by atoms with Gasteiger partial charge in [0.2, 0.25) is 0 Å². The molecule has 41 heavy (non-hydrogen) atoms. The van der Waals surface area contributed by atoms with E-state index in [0.29, 0.717) is 22.2 Å². The molecule has 0 aliphatic rings. The van der Waals surface area contributed by atoms with Crippen LogP contribution < -0.4 is 0 Å². The van der Waals surface area contributed by atoms with Gasteiger partial charge in [-0.25, -0.2) is 13.4 Å². The average Bonchev–Trinajstić information content (AvgIpc) is 3.43. The van der Waals surface area contributed by atoms with Gasteiger partial charge in [-0.1, -0.05) is 90.6 Å². The Bertz CT molecular complexity index is 1970. The van der Waals surface area contributed by atoms with Crippen LogP contribution in [0.4, 0.5) is 0 Å². The van der Waals surface area contributed by atoms with E-state index >= 15 is 0 Å². The second kappa shape index (κ2) is 11.1. The number of sulfone groups is 1. The summed E-state index contributed by atoms with van der Waals surface area (Å²) in [6, 6.07) is 35.4. The predicted molar refractivity (Wildman–Crippen MR) is 162 cm³/mol. The fraction of sp³-hybridized carbons (Fsp3) is 0.0625. The van der Waals surface area contributed by atoms with Crippen LogP contribution in [-0.4, -0.2) is 46.0 Å². The van der Waals surface area contributed by atoms with Crippen molar-refractivity contribution in [2.24, 2.45) is 0 Å². The van der Waals surface area contributed by atoms with Gasteiger partial charge in [0.15, 0.2) is 26.6 Å². The van der Waals surface area contributed by atoms with Crippen molar-refractivity contribution < 1.29 is 13.2 Å². The number of hydrogen-bond acceptors (Lipinski definition) is 7. The van der Waals surface area contributed by atoms with Crippen LogP contribution in [0.3, 0.4) is 0 Å². The van der Waals surface area contributed by atoms with Crippen LogP contribution in [0.5, 0.6) is 0 Å². The highest BCUT2D eigenvalue weighted by atomic mass is 32.2. The summed E-state index contributed by atoms with van der Waals surface area (Å²) >= 11 is 1.34. The van der Waals surface area contributed by atoms with Crippen molar-refractivity contribution in [2.45, 2.75) is 10.1 Å². The van der Waals surface area contributed by atoms with E-state index in [2.05, 4.69) is 10.2 Å². The Morgan fingerprint density at radius 3 is 2.17 bits per heavy atom. The Balaban J connectivity index is 1.47. The maximum atomic E-state index is 12.9. The van der Waals surface area contributed by atoms with Crippen LogP contribution in [0.15, 0.2) is 125 Å². The Morgan fingerprint density at radius 2 is 1.46 bits per heavy atom. The van der Waals surface area contributed by atoms with Crippen molar-refractivity contribution in [1.29, 1.82) is 0 Å². The summed E-state index contributed by atoms with van der Waals surface area (Å²) in [5.74, 6) is 0.830. The fourth-order valence-electron chi connectivity index (χ4n) is 4.57. The maximum absolute atomic E-state index is 12.9. The molecule has 0 N–H and O–H groups in total. The molecular weight excluding hydrogens is 553 g/mol. The predicted octanol–water partition coefficient (Wildman–Crippen LogP) is 6.53. The van der Waals surface area contributed by atoms with Gasteiger partial charge >= 0.3 is 0 Å². The lowest BCUT2D eigenvalue weighted by atomic mass is 10.0. The molecule has 0 aliphatic heterocycles. The zero-order chi connectivity index (χ0) is 28.4. The number of ketones is 1. The molecule has 0 fully saturated rings. The van der Waals surface area contributed by atoms with E-state index in [4.69, 9.17) is 4.98 Å². The number of benzene rings is 4. The Morgan fingerprint density at radius 1 is 0.805 bits per heavy atom. The van der Waals surface area contributed by atoms with Crippen LogP contribution in [0, 0.1) is 0 Å². The number of hydrogen-bond donors (Lipinski definition) is 0. The molecule has 6 rings (SSSR count). The number of para-hydroxylation sites is 2. The number of fused-ring (bicyclic) bond motifs is 1. The van der Waals surface area contributed by atoms with Crippen molar-refractivity contribution in [3.05, 3.63) is 121 Å².